The van der Waals surface area contributed by atoms with Gasteiger partial charge in [-0.3, -0.25) is 0 Å². The van der Waals surface area contributed by atoms with E-state index in [1.807, 2.05) is 19.4 Å². The number of nitrogens with zero attached hydrogens (tertiary/aromatic N) is 3. The molecule has 5 heteroatoms. The van der Waals surface area contributed by atoms with Crippen molar-refractivity contribution in [3.05, 3.63) is 34.3 Å². The van der Waals surface area contributed by atoms with Gasteiger partial charge in [0.05, 0.1) is 18.8 Å². The van der Waals surface area contributed by atoms with E-state index in [9.17, 15) is 0 Å². The fourth-order valence-corrected chi connectivity index (χ4v) is 2.70. The number of hydrogen-bond donors (Lipinski definition) is 1. The van der Waals surface area contributed by atoms with Crippen molar-refractivity contribution in [1.82, 2.24) is 19.9 Å². The molecule has 1 N–H and O–H groups in total. The molecule has 0 aromatic carbocycles. The van der Waals surface area contributed by atoms with E-state index in [1.54, 1.807) is 11.3 Å². The number of nitrogens with one attached hydrogen (secondary N) is 1. The first-order valence-electron chi connectivity index (χ1n) is 6.10. The Kier molecular flexibility index (Phi) is 3.82. The van der Waals surface area contributed by atoms with Crippen LogP contribution in [0.2, 0.25) is 0 Å². The van der Waals surface area contributed by atoms with Gasteiger partial charge >= 0.3 is 0 Å². The molecule has 18 heavy (non-hydrogen) atoms. The smallest absolute Gasteiger partial charge is 0.123 e. The van der Waals surface area contributed by atoms with E-state index in [2.05, 4.69) is 41.0 Å². The van der Waals surface area contributed by atoms with E-state index >= 15 is 0 Å². The highest BCUT2D eigenvalue weighted by atomic mass is 32.1. The van der Waals surface area contributed by atoms with Gasteiger partial charge in [-0.2, -0.15) is 0 Å². The maximum atomic E-state index is 4.71. The largest absolute Gasteiger partial charge is 0.327 e. The van der Waals surface area contributed by atoms with Crippen molar-refractivity contribution in [3.63, 3.8) is 0 Å². The van der Waals surface area contributed by atoms with E-state index in [4.69, 9.17) is 4.98 Å². The van der Waals surface area contributed by atoms with E-state index in [1.165, 1.54) is 0 Å². The third-order valence-electron chi connectivity index (χ3n) is 2.76. The fraction of sp³-hybridized carbons (Fsp3) is 0.538. The molecule has 0 bridgehead atoms. The van der Waals surface area contributed by atoms with Crippen molar-refractivity contribution in [3.8, 4) is 0 Å². The zero-order chi connectivity index (χ0) is 13.2. The van der Waals surface area contributed by atoms with Gasteiger partial charge in [0.25, 0.3) is 0 Å². The van der Waals surface area contributed by atoms with Gasteiger partial charge in [-0.15, -0.1) is 11.3 Å². The predicted octanol–water partition coefficient (Wildman–Crippen LogP) is 2.40. The van der Waals surface area contributed by atoms with E-state index in [0.29, 0.717) is 0 Å². The van der Waals surface area contributed by atoms with Crippen LogP contribution in [0.4, 0.5) is 0 Å². The molecule has 0 unspecified atom stereocenters. The second-order valence-electron chi connectivity index (χ2n) is 5.38. The Morgan fingerprint density at radius 2 is 2.17 bits per heavy atom. The monoisotopic (exact) mass is 264 g/mol. The zero-order valence-electron chi connectivity index (χ0n) is 11.4. The summed E-state index contributed by atoms with van der Waals surface area (Å²) in [6, 6.07) is 0. The first-order valence-corrected chi connectivity index (χ1v) is 6.98. The quantitative estimate of drug-likeness (QED) is 0.922. The molecule has 2 rings (SSSR count). The summed E-state index contributed by atoms with van der Waals surface area (Å²) in [5.41, 5.74) is 1.29. The Labute approximate surface area is 112 Å². The predicted molar refractivity (Wildman–Crippen MR) is 74.9 cm³/mol. The van der Waals surface area contributed by atoms with E-state index in [0.717, 1.165) is 29.6 Å². The first kappa shape index (κ1) is 13.2. The third-order valence-corrected chi connectivity index (χ3v) is 3.60. The van der Waals surface area contributed by atoms with Crippen LogP contribution >= 0.6 is 11.3 Å². The molecule has 4 nitrogen and oxygen atoms in total. The first-order chi connectivity index (χ1) is 8.50. The molecule has 0 aliphatic rings. The molecule has 0 aliphatic carbocycles. The lowest BCUT2D eigenvalue weighted by Crippen LogP contribution is -2.14. The summed E-state index contributed by atoms with van der Waals surface area (Å²) in [5.74, 6) is 1.05. The maximum Gasteiger partial charge on any atom is 0.123 e. The molecule has 0 saturated carbocycles. The topological polar surface area (TPSA) is 42.7 Å². The highest BCUT2D eigenvalue weighted by Gasteiger charge is 2.17. The number of hydrogen-bond acceptors (Lipinski definition) is 4. The lowest BCUT2D eigenvalue weighted by molar-refractivity contribution is 0.568. The minimum Gasteiger partial charge on any atom is -0.327 e. The molecule has 0 atom stereocenters. The van der Waals surface area contributed by atoms with Gasteiger partial charge in [-0.05, 0) is 7.05 Å². The molecule has 2 aromatic rings. The highest BCUT2D eigenvalue weighted by Crippen LogP contribution is 2.24. The molecular formula is C13H20N4S. The number of rotatable bonds is 4. The molecule has 2 aromatic heterocycles. The summed E-state index contributed by atoms with van der Waals surface area (Å²) in [6.07, 6.45) is 3.84. The van der Waals surface area contributed by atoms with Crippen LogP contribution in [-0.4, -0.2) is 21.6 Å². The molecule has 0 fully saturated rings. The molecule has 0 radical (unpaired) electrons. The van der Waals surface area contributed by atoms with Crippen LogP contribution in [0.1, 0.15) is 37.3 Å². The van der Waals surface area contributed by atoms with Gasteiger partial charge in [-0.1, -0.05) is 20.8 Å². The molecule has 98 valence electrons. The summed E-state index contributed by atoms with van der Waals surface area (Å²) in [7, 11) is 1.93. The number of thiazole rings is 1. The minimum absolute atomic E-state index is 0.123. The van der Waals surface area contributed by atoms with Gasteiger partial charge in [-0.25, -0.2) is 9.97 Å². The average Bonchev–Trinajstić information content (AvgIpc) is 2.89. The van der Waals surface area contributed by atoms with Gasteiger partial charge in [0.15, 0.2) is 0 Å². The van der Waals surface area contributed by atoms with E-state index < -0.39 is 0 Å². The van der Waals surface area contributed by atoms with Gasteiger partial charge in [0.1, 0.15) is 10.8 Å². The lowest BCUT2D eigenvalue weighted by atomic mass is 9.93. The Balaban J connectivity index is 2.14. The standard InChI is InChI=1S/C13H20N4S/c1-13(2,3)10-9-18-12(16-10)8-17-6-5-15-11(17)7-14-4/h5-6,9,14H,7-8H2,1-4H3. The average molecular weight is 264 g/mol. The normalized spacial score (nSPS) is 12.0. The molecule has 2 heterocycles. The Morgan fingerprint density at radius 3 is 2.78 bits per heavy atom. The molecular weight excluding hydrogens is 244 g/mol. The second kappa shape index (κ2) is 5.20. The molecule has 0 spiro atoms. The Bertz CT molecular complexity index is 507. The highest BCUT2D eigenvalue weighted by molar-refractivity contribution is 7.09. The number of imidazole rings is 1. The molecule has 0 aliphatic heterocycles. The zero-order valence-corrected chi connectivity index (χ0v) is 12.2. The third kappa shape index (κ3) is 2.97. The van der Waals surface area contributed by atoms with Crippen LogP contribution in [0.5, 0.6) is 0 Å². The van der Waals surface area contributed by atoms with Crippen LogP contribution in [0.3, 0.4) is 0 Å². The van der Waals surface area contributed by atoms with Gasteiger partial charge in [0, 0.05) is 23.2 Å². The van der Waals surface area contributed by atoms with Crippen LogP contribution < -0.4 is 5.32 Å². The van der Waals surface area contributed by atoms with Crippen LogP contribution in [0.25, 0.3) is 0 Å². The van der Waals surface area contributed by atoms with Crippen LogP contribution in [-0.2, 0) is 18.5 Å². The Hall–Kier alpha value is -1.20. The Morgan fingerprint density at radius 1 is 1.39 bits per heavy atom. The van der Waals surface area contributed by atoms with Crippen molar-refractivity contribution in [1.29, 1.82) is 0 Å². The van der Waals surface area contributed by atoms with E-state index in [-0.39, 0.29) is 5.41 Å². The maximum absolute atomic E-state index is 4.71. The van der Waals surface area contributed by atoms with Crippen molar-refractivity contribution in [2.75, 3.05) is 7.05 Å². The van der Waals surface area contributed by atoms with Gasteiger partial charge in [0.2, 0.25) is 0 Å². The van der Waals surface area contributed by atoms with Crippen molar-refractivity contribution in [2.45, 2.75) is 39.3 Å². The fourth-order valence-electron chi connectivity index (χ4n) is 1.68. The molecule has 0 amide bonds. The van der Waals surface area contributed by atoms with Gasteiger partial charge < -0.3 is 9.88 Å². The summed E-state index contributed by atoms with van der Waals surface area (Å²) in [6.45, 7) is 8.16. The summed E-state index contributed by atoms with van der Waals surface area (Å²) >= 11 is 1.72. The second-order valence-corrected chi connectivity index (χ2v) is 6.32. The van der Waals surface area contributed by atoms with Crippen LogP contribution in [0.15, 0.2) is 17.8 Å². The van der Waals surface area contributed by atoms with Crippen LogP contribution in [0, 0.1) is 0 Å². The van der Waals surface area contributed by atoms with Crippen molar-refractivity contribution < 1.29 is 0 Å². The number of aromatic nitrogens is 3. The minimum atomic E-state index is 0.123. The molecule has 0 saturated heterocycles. The summed E-state index contributed by atoms with van der Waals surface area (Å²) < 4.78 is 2.14. The van der Waals surface area contributed by atoms with Crippen molar-refractivity contribution >= 4 is 11.3 Å². The summed E-state index contributed by atoms with van der Waals surface area (Å²) in [4.78, 5) is 9.04. The lowest BCUT2D eigenvalue weighted by Gasteiger charge is -2.14. The summed E-state index contributed by atoms with van der Waals surface area (Å²) in [5, 5.41) is 6.42. The van der Waals surface area contributed by atoms with Crippen molar-refractivity contribution in [2.24, 2.45) is 0 Å². The SMILES string of the molecule is CNCc1nccn1Cc1nc(C(C)(C)C)cs1.